The lowest BCUT2D eigenvalue weighted by molar-refractivity contribution is 0.155. The maximum absolute atomic E-state index is 8.73. The molecule has 98 valence electrons. The fraction of sp³-hybridized carbons (Fsp3) is 0.692. The van der Waals surface area contributed by atoms with Crippen LogP contribution in [0.3, 0.4) is 0 Å². The summed E-state index contributed by atoms with van der Waals surface area (Å²) < 4.78 is 0. The van der Waals surface area contributed by atoms with Gasteiger partial charge >= 0.3 is 0 Å². The third-order valence-corrected chi connectivity index (χ3v) is 4.63. The average molecular weight is 264 g/mol. The van der Waals surface area contributed by atoms with Crippen molar-refractivity contribution in [3.05, 3.63) is 15.6 Å². The minimum Gasteiger partial charge on any atom is -0.304 e. The van der Waals surface area contributed by atoms with Crippen LogP contribution in [0.15, 0.2) is 0 Å². The Kier molecular flexibility index (Phi) is 4.70. The van der Waals surface area contributed by atoms with E-state index >= 15 is 0 Å². The summed E-state index contributed by atoms with van der Waals surface area (Å²) in [6.07, 6.45) is 1.51. The number of aryl methyl sites for hydroxylation is 1. The normalized spacial score (nSPS) is 17.8. The molecule has 1 aliphatic heterocycles. The van der Waals surface area contributed by atoms with Gasteiger partial charge in [-0.1, -0.05) is 0 Å². The second-order valence-electron chi connectivity index (χ2n) is 4.85. The van der Waals surface area contributed by atoms with E-state index in [1.54, 1.807) is 11.3 Å². The molecule has 0 aliphatic carbocycles. The van der Waals surface area contributed by atoms with Crippen molar-refractivity contribution in [1.29, 1.82) is 5.26 Å². The maximum atomic E-state index is 8.73. The Balaban J connectivity index is 1.83. The summed E-state index contributed by atoms with van der Waals surface area (Å²) in [7, 11) is 2.18. The summed E-state index contributed by atoms with van der Waals surface area (Å²) in [5.74, 6) is 0. The van der Waals surface area contributed by atoms with E-state index in [0.29, 0.717) is 6.42 Å². The van der Waals surface area contributed by atoms with Crippen molar-refractivity contribution >= 4 is 11.3 Å². The van der Waals surface area contributed by atoms with Crippen LogP contribution in [0, 0.1) is 18.3 Å². The predicted molar refractivity (Wildman–Crippen MR) is 73.8 cm³/mol. The third kappa shape index (κ3) is 3.52. The van der Waals surface area contributed by atoms with Crippen molar-refractivity contribution in [1.82, 2.24) is 14.8 Å². The second kappa shape index (κ2) is 6.28. The molecule has 2 rings (SSSR count). The standard InChI is InChI=1S/C13H20N4S/c1-11-12(3-5-14)18-13(15-11)4-6-17-9-7-16(2)8-10-17/h3-4,6-10H2,1-2H3. The number of rotatable bonds is 4. The molecule has 0 spiro atoms. The van der Waals surface area contributed by atoms with Gasteiger partial charge in [-0.2, -0.15) is 5.26 Å². The van der Waals surface area contributed by atoms with Crippen LogP contribution in [-0.2, 0) is 12.8 Å². The number of thiazole rings is 1. The number of aromatic nitrogens is 1. The molecule has 1 fully saturated rings. The molecule has 2 heterocycles. The molecule has 0 amide bonds. The Hall–Kier alpha value is -0.960. The highest BCUT2D eigenvalue weighted by Gasteiger charge is 2.14. The number of piperazine rings is 1. The van der Waals surface area contributed by atoms with Gasteiger partial charge in [0.25, 0.3) is 0 Å². The van der Waals surface area contributed by atoms with Gasteiger partial charge < -0.3 is 9.80 Å². The highest BCUT2D eigenvalue weighted by atomic mass is 32.1. The van der Waals surface area contributed by atoms with Crippen LogP contribution < -0.4 is 0 Å². The number of hydrogen-bond acceptors (Lipinski definition) is 5. The fourth-order valence-electron chi connectivity index (χ4n) is 2.16. The van der Waals surface area contributed by atoms with E-state index in [1.807, 2.05) is 6.92 Å². The molecule has 1 aromatic rings. The molecular formula is C13H20N4S. The van der Waals surface area contributed by atoms with Crippen molar-refractivity contribution in [3.63, 3.8) is 0 Å². The van der Waals surface area contributed by atoms with Crippen molar-refractivity contribution in [2.45, 2.75) is 19.8 Å². The first-order chi connectivity index (χ1) is 8.69. The summed E-state index contributed by atoms with van der Waals surface area (Å²) in [5.41, 5.74) is 1.04. The van der Waals surface area contributed by atoms with Gasteiger partial charge in [0.15, 0.2) is 0 Å². The van der Waals surface area contributed by atoms with Crippen LogP contribution in [0.25, 0.3) is 0 Å². The minimum absolute atomic E-state index is 0.498. The monoisotopic (exact) mass is 264 g/mol. The lowest BCUT2D eigenvalue weighted by atomic mass is 10.3. The molecule has 0 unspecified atom stereocenters. The first-order valence-electron chi connectivity index (χ1n) is 6.42. The van der Waals surface area contributed by atoms with Gasteiger partial charge in [0.1, 0.15) is 0 Å². The van der Waals surface area contributed by atoms with E-state index in [-0.39, 0.29) is 0 Å². The van der Waals surface area contributed by atoms with E-state index in [1.165, 1.54) is 5.01 Å². The zero-order valence-electron chi connectivity index (χ0n) is 11.1. The molecule has 1 aromatic heterocycles. The third-order valence-electron chi connectivity index (χ3n) is 3.41. The van der Waals surface area contributed by atoms with Gasteiger partial charge in [-0.25, -0.2) is 4.98 Å². The Bertz CT molecular complexity index is 427. The molecule has 0 aromatic carbocycles. The fourth-order valence-corrected chi connectivity index (χ4v) is 3.15. The van der Waals surface area contributed by atoms with Crippen molar-refractivity contribution in [2.75, 3.05) is 39.8 Å². The van der Waals surface area contributed by atoms with Crippen LogP contribution >= 0.6 is 11.3 Å². The van der Waals surface area contributed by atoms with E-state index in [2.05, 4.69) is 27.9 Å². The van der Waals surface area contributed by atoms with Gasteiger partial charge in [0.2, 0.25) is 0 Å². The van der Waals surface area contributed by atoms with E-state index in [9.17, 15) is 0 Å². The van der Waals surface area contributed by atoms with E-state index in [0.717, 1.165) is 49.7 Å². The molecule has 0 radical (unpaired) electrons. The molecule has 0 atom stereocenters. The first kappa shape index (κ1) is 13.5. The van der Waals surface area contributed by atoms with E-state index < -0.39 is 0 Å². The average Bonchev–Trinajstić information content (AvgIpc) is 2.70. The summed E-state index contributed by atoms with van der Waals surface area (Å²) >= 11 is 1.70. The van der Waals surface area contributed by atoms with Gasteiger partial charge in [-0.05, 0) is 14.0 Å². The van der Waals surface area contributed by atoms with Crippen LogP contribution in [0.2, 0.25) is 0 Å². The summed E-state index contributed by atoms with van der Waals surface area (Å²) in [5, 5.41) is 9.91. The zero-order valence-corrected chi connectivity index (χ0v) is 12.0. The van der Waals surface area contributed by atoms with Gasteiger partial charge in [0.05, 0.1) is 23.2 Å². The molecule has 1 saturated heterocycles. The number of nitrogens with zero attached hydrogens (tertiary/aromatic N) is 4. The molecule has 0 bridgehead atoms. The smallest absolute Gasteiger partial charge is 0.0944 e. The van der Waals surface area contributed by atoms with Crippen LogP contribution in [-0.4, -0.2) is 54.6 Å². The second-order valence-corrected chi connectivity index (χ2v) is 6.01. The number of nitriles is 1. The quantitative estimate of drug-likeness (QED) is 0.822. The molecule has 1 aliphatic rings. The van der Waals surface area contributed by atoms with Gasteiger partial charge in [-0.3, -0.25) is 0 Å². The van der Waals surface area contributed by atoms with Crippen molar-refractivity contribution in [2.24, 2.45) is 0 Å². The Labute approximate surface area is 113 Å². The molecule has 4 nitrogen and oxygen atoms in total. The van der Waals surface area contributed by atoms with Crippen LogP contribution in [0.1, 0.15) is 15.6 Å². The van der Waals surface area contributed by atoms with Crippen molar-refractivity contribution in [3.8, 4) is 6.07 Å². The lowest BCUT2D eigenvalue weighted by Crippen LogP contribution is -2.45. The predicted octanol–water partition coefficient (Wildman–Crippen LogP) is 1.31. The van der Waals surface area contributed by atoms with Crippen molar-refractivity contribution < 1.29 is 0 Å². The Morgan fingerprint density at radius 3 is 2.72 bits per heavy atom. The SMILES string of the molecule is Cc1nc(CCN2CCN(C)CC2)sc1CC#N. The highest BCUT2D eigenvalue weighted by Crippen LogP contribution is 2.19. The number of hydrogen-bond donors (Lipinski definition) is 0. The topological polar surface area (TPSA) is 43.2 Å². The lowest BCUT2D eigenvalue weighted by Gasteiger charge is -2.32. The largest absolute Gasteiger partial charge is 0.304 e. The van der Waals surface area contributed by atoms with Gasteiger partial charge in [0, 0.05) is 44.0 Å². The Morgan fingerprint density at radius 2 is 2.06 bits per heavy atom. The van der Waals surface area contributed by atoms with Crippen LogP contribution in [0.4, 0.5) is 0 Å². The van der Waals surface area contributed by atoms with Crippen LogP contribution in [0.5, 0.6) is 0 Å². The maximum Gasteiger partial charge on any atom is 0.0944 e. The molecular weight excluding hydrogens is 244 g/mol. The summed E-state index contributed by atoms with van der Waals surface area (Å²) in [6, 6.07) is 2.20. The van der Waals surface area contributed by atoms with E-state index in [4.69, 9.17) is 5.26 Å². The molecule has 5 heteroatoms. The molecule has 18 heavy (non-hydrogen) atoms. The Morgan fingerprint density at radius 1 is 1.33 bits per heavy atom. The first-order valence-corrected chi connectivity index (χ1v) is 7.23. The minimum atomic E-state index is 0.498. The zero-order chi connectivity index (χ0) is 13.0. The summed E-state index contributed by atoms with van der Waals surface area (Å²) in [4.78, 5) is 10.6. The molecule has 0 saturated carbocycles. The molecule has 0 N–H and O–H groups in total. The highest BCUT2D eigenvalue weighted by molar-refractivity contribution is 7.11. The van der Waals surface area contributed by atoms with Gasteiger partial charge in [-0.15, -0.1) is 11.3 Å². The number of likely N-dealkylation sites (N-methyl/N-ethyl adjacent to an activating group) is 1. The summed E-state index contributed by atoms with van der Waals surface area (Å²) in [6.45, 7) is 7.74.